The molecule has 3 heteroatoms. The maximum Gasteiger partial charge on any atom is 0.224 e. The fourth-order valence-electron chi connectivity index (χ4n) is 3.81. The van der Waals surface area contributed by atoms with Crippen LogP contribution < -0.4 is 5.32 Å². The summed E-state index contributed by atoms with van der Waals surface area (Å²) >= 11 is 0. The van der Waals surface area contributed by atoms with E-state index in [1.807, 2.05) is 6.07 Å². The molecule has 0 atom stereocenters. The Balaban J connectivity index is 1.51. The van der Waals surface area contributed by atoms with E-state index in [2.05, 4.69) is 28.4 Å². The highest BCUT2D eigenvalue weighted by atomic mass is 16.1. The van der Waals surface area contributed by atoms with Gasteiger partial charge in [0.05, 0.1) is 0 Å². The molecule has 3 nitrogen and oxygen atoms in total. The molecule has 0 radical (unpaired) electrons. The Hall–Kier alpha value is -1.35. The van der Waals surface area contributed by atoms with E-state index in [0.717, 1.165) is 12.2 Å². The van der Waals surface area contributed by atoms with E-state index in [0.29, 0.717) is 12.3 Å². The molecule has 2 aliphatic rings. The Morgan fingerprint density at radius 3 is 2.64 bits per heavy atom. The highest BCUT2D eigenvalue weighted by Crippen LogP contribution is 2.26. The fraction of sp³-hybridized carbons (Fsp3) is 0.632. The number of likely N-dealkylation sites (tertiary alicyclic amines) is 1. The lowest BCUT2D eigenvalue weighted by Gasteiger charge is -2.21. The summed E-state index contributed by atoms with van der Waals surface area (Å²) in [6.07, 6.45) is 9.71. The molecule has 1 heterocycles. The second-order valence-corrected chi connectivity index (χ2v) is 6.94. The molecule has 0 spiro atoms. The van der Waals surface area contributed by atoms with E-state index in [1.165, 1.54) is 63.6 Å². The normalized spacial score (nSPS) is 20.2. The molecule has 1 aromatic carbocycles. The Bertz CT molecular complexity index is 488. The zero-order chi connectivity index (χ0) is 15.2. The maximum absolute atomic E-state index is 12.2. The van der Waals surface area contributed by atoms with Crippen LogP contribution in [-0.2, 0) is 11.3 Å². The van der Waals surface area contributed by atoms with Crippen LogP contribution in [0.5, 0.6) is 0 Å². The van der Waals surface area contributed by atoms with Crippen molar-refractivity contribution in [2.45, 2.75) is 57.9 Å². The molecule has 120 valence electrons. The third-order valence-electron chi connectivity index (χ3n) is 5.01. The Kier molecular flexibility index (Phi) is 5.49. The number of amides is 1. The first-order valence-electron chi connectivity index (χ1n) is 8.91. The fourth-order valence-corrected chi connectivity index (χ4v) is 3.81. The second-order valence-electron chi connectivity index (χ2n) is 6.94. The van der Waals surface area contributed by atoms with Crippen molar-refractivity contribution in [3.05, 3.63) is 29.8 Å². The SMILES string of the molecule is O=C(CC1CCCCC1)Nc1cccc(CN2CCCC2)c1. The number of hydrogen-bond acceptors (Lipinski definition) is 2. The third-order valence-corrected chi connectivity index (χ3v) is 5.01. The van der Waals surface area contributed by atoms with Crippen molar-refractivity contribution in [2.24, 2.45) is 5.92 Å². The summed E-state index contributed by atoms with van der Waals surface area (Å²) < 4.78 is 0. The smallest absolute Gasteiger partial charge is 0.224 e. The van der Waals surface area contributed by atoms with Gasteiger partial charge in [0.1, 0.15) is 0 Å². The average Bonchev–Trinajstić information content (AvgIpc) is 3.01. The number of hydrogen-bond donors (Lipinski definition) is 1. The second kappa shape index (κ2) is 7.77. The summed E-state index contributed by atoms with van der Waals surface area (Å²) in [4.78, 5) is 14.7. The van der Waals surface area contributed by atoms with Crippen molar-refractivity contribution < 1.29 is 4.79 Å². The van der Waals surface area contributed by atoms with Crippen molar-refractivity contribution >= 4 is 11.6 Å². The first-order chi connectivity index (χ1) is 10.8. The molecular formula is C19H28N2O. The minimum absolute atomic E-state index is 0.185. The summed E-state index contributed by atoms with van der Waals surface area (Å²) in [5, 5.41) is 3.10. The molecule has 1 saturated carbocycles. The van der Waals surface area contributed by atoms with Gasteiger partial charge in [-0.15, -0.1) is 0 Å². The molecule has 0 aromatic heterocycles. The number of benzene rings is 1. The molecule has 22 heavy (non-hydrogen) atoms. The molecule has 1 aromatic rings. The Morgan fingerprint density at radius 2 is 1.86 bits per heavy atom. The summed E-state index contributed by atoms with van der Waals surface area (Å²) in [5.74, 6) is 0.784. The monoisotopic (exact) mass is 300 g/mol. The summed E-state index contributed by atoms with van der Waals surface area (Å²) in [7, 11) is 0. The van der Waals surface area contributed by atoms with Gasteiger partial charge in [0.25, 0.3) is 0 Å². The minimum Gasteiger partial charge on any atom is -0.326 e. The van der Waals surface area contributed by atoms with Crippen LogP contribution in [0, 0.1) is 5.92 Å². The lowest BCUT2D eigenvalue weighted by Crippen LogP contribution is -2.19. The van der Waals surface area contributed by atoms with Crippen LogP contribution in [0.4, 0.5) is 5.69 Å². The first-order valence-corrected chi connectivity index (χ1v) is 8.91. The van der Waals surface area contributed by atoms with Gasteiger partial charge in [-0.1, -0.05) is 31.4 Å². The van der Waals surface area contributed by atoms with Crippen LogP contribution in [0.3, 0.4) is 0 Å². The zero-order valence-electron chi connectivity index (χ0n) is 13.5. The van der Waals surface area contributed by atoms with Crippen molar-refractivity contribution in [3.63, 3.8) is 0 Å². The van der Waals surface area contributed by atoms with Gasteiger partial charge in [-0.25, -0.2) is 0 Å². The average molecular weight is 300 g/mol. The van der Waals surface area contributed by atoms with Crippen molar-refractivity contribution in [1.29, 1.82) is 0 Å². The number of nitrogens with one attached hydrogen (secondary N) is 1. The molecule has 1 saturated heterocycles. The number of carbonyl (C=O) groups excluding carboxylic acids is 1. The number of carbonyl (C=O) groups is 1. The van der Waals surface area contributed by atoms with Crippen LogP contribution in [0.2, 0.25) is 0 Å². The number of rotatable bonds is 5. The van der Waals surface area contributed by atoms with Gasteiger partial charge in [-0.05, 0) is 62.4 Å². The Morgan fingerprint density at radius 1 is 1.09 bits per heavy atom. The van der Waals surface area contributed by atoms with Crippen LogP contribution in [0.1, 0.15) is 56.9 Å². The lowest BCUT2D eigenvalue weighted by molar-refractivity contribution is -0.117. The van der Waals surface area contributed by atoms with Gasteiger partial charge in [0, 0.05) is 18.7 Å². The third kappa shape index (κ3) is 4.57. The largest absolute Gasteiger partial charge is 0.326 e. The molecule has 0 bridgehead atoms. The lowest BCUT2D eigenvalue weighted by atomic mass is 9.87. The van der Waals surface area contributed by atoms with E-state index in [4.69, 9.17) is 0 Å². The van der Waals surface area contributed by atoms with Crippen molar-refractivity contribution in [3.8, 4) is 0 Å². The van der Waals surface area contributed by atoms with Gasteiger partial charge < -0.3 is 5.32 Å². The molecule has 1 N–H and O–H groups in total. The predicted molar refractivity (Wildman–Crippen MR) is 90.8 cm³/mol. The van der Waals surface area contributed by atoms with Gasteiger partial charge in [-0.3, -0.25) is 9.69 Å². The molecule has 0 unspecified atom stereocenters. The van der Waals surface area contributed by atoms with Crippen LogP contribution >= 0.6 is 0 Å². The highest BCUT2D eigenvalue weighted by Gasteiger charge is 2.17. The topological polar surface area (TPSA) is 32.3 Å². The molecule has 2 fully saturated rings. The number of nitrogens with zero attached hydrogens (tertiary/aromatic N) is 1. The molecule has 3 rings (SSSR count). The van der Waals surface area contributed by atoms with Crippen LogP contribution in [0.15, 0.2) is 24.3 Å². The van der Waals surface area contributed by atoms with E-state index in [1.54, 1.807) is 0 Å². The standard InChI is InChI=1S/C19H28N2O/c22-19(14-16-7-2-1-3-8-16)20-18-10-6-9-17(13-18)15-21-11-4-5-12-21/h6,9-10,13,16H,1-5,7-8,11-12,14-15H2,(H,20,22). The van der Waals surface area contributed by atoms with Crippen molar-refractivity contribution in [2.75, 3.05) is 18.4 Å². The molecule has 1 aliphatic carbocycles. The summed E-state index contributed by atoms with van der Waals surface area (Å²) in [6, 6.07) is 8.36. The van der Waals surface area contributed by atoms with Crippen LogP contribution in [-0.4, -0.2) is 23.9 Å². The highest BCUT2D eigenvalue weighted by molar-refractivity contribution is 5.90. The summed E-state index contributed by atoms with van der Waals surface area (Å²) in [6.45, 7) is 3.42. The molecule has 1 amide bonds. The molecular weight excluding hydrogens is 272 g/mol. The van der Waals surface area contributed by atoms with E-state index in [9.17, 15) is 4.79 Å². The zero-order valence-corrected chi connectivity index (χ0v) is 13.5. The predicted octanol–water partition coefficient (Wildman–Crippen LogP) is 4.19. The van der Waals surface area contributed by atoms with Gasteiger partial charge in [0.15, 0.2) is 0 Å². The quantitative estimate of drug-likeness (QED) is 0.884. The van der Waals surface area contributed by atoms with E-state index < -0.39 is 0 Å². The number of anilines is 1. The van der Waals surface area contributed by atoms with Gasteiger partial charge in [-0.2, -0.15) is 0 Å². The Labute approximate surface area is 134 Å². The first kappa shape index (κ1) is 15.5. The van der Waals surface area contributed by atoms with Crippen molar-refractivity contribution in [1.82, 2.24) is 4.90 Å². The van der Waals surface area contributed by atoms with Gasteiger partial charge >= 0.3 is 0 Å². The maximum atomic E-state index is 12.2. The van der Waals surface area contributed by atoms with Crippen LogP contribution in [0.25, 0.3) is 0 Å². The van der Waals surface area contributed by atoms with Gasteiger partial charge in [0.2, 0.25) is 5.91 Å². The van der Waals surface area contributed by atoms with E-state index >= 15 is 0 Å². The minimum atomic E-state index is 0.185. The molecule has 1 aliphatic heterocycles. The van der Waals surface area contributed by atoms with E-state index in [-0.39, 0.29) is 5.91 Å². The summed E-state index contributed by atoms with van der Waals surface area (Å²) in [5.41, 5.74) is 2.26.